The van der Waals surface area contributed by atoms with E-state index in [9.17, 15) is 14.4 Å². The number of rotatable bonds is 10. The summed E-state index contributed by atoms with van der Waals surface area (Å²) in [4.78, 5) is 36.9. The van der Waals surface area contributed by atoms with Crippen molar-refractivity contribution < 1.29 is 23.9 Å². The fourth-order valence-electron chi connectivity index (χ4n) is 2.25. The highest BCUT2D eigenvalue weighted by Crippen LogP contribution is 2.15. The Balaban J connectivity index is 2.74. The van der Waals surface area contributed by atoms with Gasteiger partial charge in [-0.15, -0.1) is 0 Å². The molecule has 0 spiro atoms. The number of carbonyl (C=O) groups excluding carboxylic acids is 3. The standard InChI is InChI=1S/C18H26N2O5/c1-4-25-17(22)9-12-20(11-6-10-19-14(2)21)18(23)15-7-5-8-16(13-15)24-3/h5,7-8,13H,4,6,9-12H2,1-3H3,(H,19,21). The highest BCUT2D eigenvalue weighted by molar-refractivity contribution is 5.94. The molecular formula is C18H26N2O5. The molecule has 2 amide bonds. The molecule has 0 unspecified atom stereocenters. The van der Waals surface area contributed by atoms with E-state index in [1.807, 2.05) is 0 Å². The fourth-order valence-corrected chi connectivity index (χ4v) is 2.25. The molecular weight excluding hydrogens is 324 g/mol. The predicted octanol–water partition coefficient (Wildman–Crippen LogP) is 1.62. The molecule has 1 rings (SSSR count). The Morgan fingerprint density at radius 1 is 1.20 bits per heavy atom. The molecule has 0 saturated heterocycles. The molecule has 1 N–H and O–H groups in total. The Kier molecular flexibility index (Phi) is 9.06. The summed E-state index contributed by atoms with van der Waals surface area (Å²) in [5.41, 5.74) is 0.489. The zero-order chi connectivity index (χ0) is 18.7. The first-order valence-corrected chi connectivity index (χ1v) is 8.31. The van der Waals surface area contributed by atoms with Crippen LogP contribution in [0.4, 0.5) is 0 Å². The van der Waals surface area contributed by atoms with E-state index in [4.69, 9.17) is 9.47 Å². The van der Waals surface area contributed by atoms with Gasteiger partial charge in [-0.1, -0.05) is 6.07 Å². The Morgan fingerprint density at radius 2 is 1.96 bits per heavy atom. The van der Waals surface area contributed by atoms with Crippen LogP contribution in [0.2, 0.25) is 0 Å². The van der Waals surface area contributed by atoms with Crippen molar-refractivity contribution in [2.24, 2.45) is 0 Å². The van der Waals surface area contributed by atoms with Crippen LogP contribution in [0.1, 0.15) is 37.0 Å². The molecule has 0 heterocycles. The van der Waals surface area contributed by atoms with Gasteiger partial charge in [0.1, 0.15) is 5.75 Å². The molecule has 0 aliphatic rings. The van der Waals surface area contributed by atoms with E-state index in [-0.39, 0.29) is 30.7 Å². The van der Waals surface area contributed by atoms with E-state index in [2.05, 4.69) is 5.32 Å². The minimum atomic E-state index is -0.340. The van der Waals surface area contributed by atoms with E-state index in [1.54, 1.807) is 36.1 Å². The maximum absolute atomic E-state index is 12.7. The van der Waals surface area contributed by atoms with Crippen LogP contribution in [0.25, 0.3) is 0 Å². The number of esters is 1. The summed E-state index contributed by atoms with van der Waals surface area (Å²) < 4.78 is 10.1. The second-order valence-electron chi connectivity index (χ2n) is 5.42. The van der Waals surface area contributed by atoms with Crippen LogP contribution >= 0.6 is 0 Å². The van der Waals surface area contributed by atoms with Crippen molar-refractivity contribution in [2.75, 3.05) is 33.4 Å². The van der Waals surface area contributed by atoms with E-state index in [0.29, 0.717) is 37.4 Å². The Morgan fingerprint density at radius 3 is 2.60 bits per heavy atom. The molecule has 0 fully saturated rings. The number of methoxy groups -OCH3 is 1. The third-order valence-electron chi connectivity index (χ3n) is 3.47. The maximum Gasteiger partial charge on any atom is 0.307 e. The molecule has 0 aromatic heterocycles. The van der Waals surface area contributed by atoms with Crippen LogP contribution in [0, 0.1) is 0 Å². The lowest BCUT2D eigenvalue weighted by Gasteiger charge is -2.22. The second kappa shape index (κ2) is 11.1. The number of ether oxygens (including phenoxy) is 2. The number of hydrogen-bond acceptors (Lipinski definition) is 5. The molecule has 1 aromatic rings. The van der Waals surface area contributed by atoms with Crippen LogP contribution in [0.3, 0.4) is 0 Å². The predicted molar refractivity (Wildman–Crippen MR) is 93.4 cm³/mol. The molecule has 1 aromatic carbocycles. The monoisotopic (exact) mass is 350 g/mol. The molecule has 7 nitrogen and oxygen atoms in total. The van der Waals surface area contributed by atoms with Gasteiger partial charge in [-0.05, 0) is 31.5 Å². The van der Waals surface area contributed by atoms with Gasteiger partial charge < -0.3 is 19.7 Å². The van der Waals surface area contributed by atoms with Crippen LogP contribution < -0.4 is 10.1 Å². The summed E-state index contributed by atoms with van der Waals surface area (Å²) in [5.74, 6) is -0.0505. The SMILES string of the molecule is CCOC(=O)CCN(CCCNC(C)=O)C(=O)c1cccc(OC)c1. The van der Waals surface area contributed by atoms with Crippen molar-refractivity contribution in [3.8, 4) is 5.75 Å². The average molecular weight is 350 g/mol. The van der Waals surface area contributed by atoms with Crippen molar-refractivity contribution in [1.82, 2.24) is 10.2 Å². The first-order valence-electron chi connectivity index (χ1n) is 8.31. The average Bonchev–Trinajstić information content (AvgIpc) is 2.60. The van der Waals surface area contributed by atoms with Gasteiger partial charge in [0, 0.05) is 32.1 Å². The number of nitrogens with zero attached hydrogens (tertiary/aromatic N) is 1. The van der Waals surface area contributed by atoms with Crippen molar-refractivity contribution in [3.05, 3.63) is 29.8 Å². The zero-order valence-corrected chi connectivity index (χ0v) is 15.0. The van der Waals surface area contributed by atoms with Gasteiger partial charge >= 0.3 is 5.97 Å². The topological polar surface area (TPSA) is 84.9 Å². The molecule has 0 bridgehead atoms. The molecule has 138 valence electrons. The van der Waals surface area contributed by atoms with Crippen molar-refractivity contribution in [2.45, 2.75) is 26.7 Å². The quantitative estimate of drug-likeness (QED) is 0.512. The molecule has 7 heteroatoms. The highest BCUT2D eigenvalue weighted by atomic mass is 16.5. The van der Waals surface area contributed by atoms with Crippen LogP contribution in [-0.4, -0.2) is 56.0 Å². The lowest BCUT2D eigenvalue weighted by Crippen LogP contribution is -2.36. The van der Waals surface area contributed by atoms with Gasteiger partial charge in [0.15, 0.2) is 0 Å². The number of carbonyl (C=O) groups is 3. The summed E-state index contributed by atoms with van der Waals surface area (Å²) in [6, 6.07) is 6.87. The number of benzene rings is 1. The molecule has 0 radical (unpaired) electrons. The largest absolute Gasteiger partial charge is 0.497 e. The van der Waals surface area contributed by atoms with Crippen molar-refractivity contribution in [1.29, 1.82) is 0 Å². The molecule has 25 heavy (non-hydrogen) atoms. The molecule has 0 saturated carbocycles. The Labute approximate surface area is 148 Å². The summed E-state index contributed by atoms with van der Waals surface area (Å²) >= 11 is 0. The van der Waals surface area contributed by atoms with Gasteiger partial charge in [-0.3, -0.25) is 14.4 Å². The summed E-state index contributed by atoms with van der Waals surface area (Å²) in [5, 5.41) is 2.69. The maximum atomic E-state index is 12.7. The van der Waals surface area contributed by atoms with Crippen LogP contribution in [-0.2, 0) is 14.3 Å². The molecule has 0 aliphatic heterocycles. The fraction of sp³-hybridized carbons (Fsp3) is 0.500. The summed E-state index contributed by atoms with van der Waals surface area (Å²) in [6.45, 7) is 4.65. The normalized spacial score (nSPS) is 10.0. The second-order valence-corrected chi connectivity index (χ2v) is 5.42. The molecule has 0 aliphatic carbocycles. The number of amides is 2. The summed E-state index contributed by atoms with van der Waals surface area (Å²) in [7, 11) is 1.54. The van der Waals surface area contributed by atoms with Gasteiger partial charge in [0.2, 0.25) is 5.91 Å². The Hall–Kier alpha value is -2.57. The smallest absolute Gasteiger partial charge is 0.307 e. The van der Waals surface area contributed by atoms with Crippen molar-refractivity contribution >= 4 is 17.8 Å². The van der Waals surface area contributed by atoms with Crippen LogP contribution in [0.5, 0.6) is 5.75 Å². The van der Waals surface area contributed by atoms with E-state index >= 15 is 0 Å². The highest BCUT2D eigenvalue weighted by Gasteiger charge is 2.17. The van der Waals surface area contributed by atoms with E-state index < -0.39 is 0 Å². The third kappa shape index (κ3) is 7.69. The van der Waals surface area contributed by atoms with Crippen LogP contribution in [0.15, 0.2) is 24.3 Å². The summed E-state index contributed by atoms with van der Waals surface area (Å²) in [6.07, 6.45) is 0.724. The Bertz CT molecular complexity index is 589. The van der Waals surface area contributed by atoms with E-state index in [1.165, 1.54) is 14.0 Å². The minimum Gasteiger partial charge on any atom is -0.497 e. The van der Waals surface area contributed by atoms with Crippen molar-refractivity contribution in [3.63, 3.8) is 0 Å². The molecule has 0 atom stereocenters. The first kappa shape index (κ1) is 20.5. The zero-order valence-electron chi connectivity index (χ0n) is 15.0. The number of nitrogens with one attached hydrogen (secondary N) is 1. The van der Waals surface area contributed by atoms with Gasteiger partial charge in [-0.25, -0.2) is 0 Å². The first-order chi connectivity index (χ1) is 12.0. The number of hydrogen-bond donors (Lipinski definition) is 1. The van der Waals surface area contributed by atoms with E-state index in [0.717, 1.165) is 0 Å². The van der Waals surface area contributed by atoms with Gasteiger partial charge in [-0.2, -0.15) is 0 Å². The van der Waals surface area contributed by atoms with Gasteiger partial charge in [0.25, 0.3) is 5.91 Å². The third-order valence-corrected chi connectivity index (χ3v) is 3.47. The lowest BCUT2D eigenvalue weighted by molar-refractivity contribution is -0.143. The lowest BCUT2D eigenvalue weighted by atomic mass is 10.1. The van der Waals surface area contributed by atoms with Gasteiger partial charge in [0.05, 0.1) is 20.1 Å². The minimum absolute atomic E-state index is 0.114.